The molecule has 3 saturated heterocycles. The van der Waals surface area contributed by atoms with Gasteiger partial charge >= 0.3 is 0 Å². The van der Waals surface area contributed by atoms with E-state index in [9.17, 15) is 0 Å². The molecular formula is C32H42O8. The molecule has 6 rings (SSSR count). The van der Waals surface area contributed by atoms with Crippen molar-refractivity contribution < 1.29 is 37.9 Å². The monoisotopic (exact) mass is 554 g/mol. The first kappa shape index (κ1) is 27.9. The lowest BCUT2D eigenvalue weighted by atomic mass is 9.78. The molecule has 8 heteroatoms. The molecule has 11 atom stereocenters. The van der Waals surface area contributed by atoms with Crippen LogP contribution in [0, 0.1) is 23.7 Å². The minimum absolute atomic E-state index is 0.115. The van der Waals surface area contributed by atoms with Gasteiger partial charge in [-0.2, -0.15) is 0 Å². The van der Waals surface area contributed by atoms with Crippen LogP contribution >= 0.6 is 0 Å². The first-order chi connectivity index (χ1) is 19.4. The lowest BCUT2D eigenvalue weighted by Crippen LogP contribution is -2.61. The van der Waals surface area contributed by atoms with E-state index in [0.29, 0.717) is 25.0 Å². The van der Waals surface area contributed by atoms with E-state index in [2.05, 4.69) is 34.6 Å². The summed E-state index contributed by atoms with van der Waals surface area (Å²) in [6.07, 6.45) is -1.18. The lowest BCUT2D eigenvalue weighted by molar-refractivity contribution is -0.379. The maximum Gasteiger partial charge on any atom is 0.231 e. The summed E-state index contributed by atoms with van der Waals surface area (Å²) in [5.74, 6) is 2.56. The molecule has 0 spiro atoms. The second-order valence-corrected chi connectivity index (χ2v) is 11.7. The molecule has 0 N–H and O–H groups in total. The Bertz CT molecular complexity index is 1130. The van der Waals surface area contributed by atoms with E-state index in [1.807, 2.05) is 48.5 Å². The summed E-state index contributed by atoms with van der Waals surface area (Å²) in [6.45, 7) is 12.1. The highest BCUT2D eigenvalue weighted by molar-refractivity contribution is 5.44. The molecule has 4 aliphatic heterocycles. The lowest BCUT2D eigenvalue weighted by Gasteiger charge is -2.51. The quantitative estimate of drug-likeness (QED) is 0.423. The topological polar surface area (TPSA) is 73.8 Å². The Balaban J connectivity index is 1.21. The molecule has 218 valence electrons. The van der Waals surface area contributed by atoms with E-state index in [-0.39, 0.29) is 49.3 Å². The molecule has 0 bridgehead atoms. The van der Waals surface area contributed by atoms with E-state index in [0.717, 1.165) is 29.0 Å². The summed E-state index contributed by atoms with van der Waals surface area (Å²) >= 11 is 0. The minimum atomic E-state index is -0.505. The van der Waals surface area contributed by atoms with Crippen LogP contribution in [0.15, 0.2) is 48.5 Å². The Morgan fingerprint density at radius 3 is 2.40 bits per heavy atom. The Morgan fingerprint density at radius 1 is 0.800 bits per heavy atom. The average Bonchev–Trinajstić information content (AvgIpc) is 3.46. The van der Waals surface area contributed by atoms with Gasteiger partial charge in [-0.1, -0.05) is 71.0 Å². The molecule has 3 fully saturated rings. The molecule has 2 aromatic rings. The fourth-order valence-corrected chi connectivity index (χ4v) is 6.35. The van der Waals surface area contributed by atoms with E-state index in [1.165, 1.54) is 0 Å². The summed E-state index contributed by atoms with van der Waals surface area (Å²) in [4.78, 5) is 0. The number of hydrogen-bond acceptors (Lipinski definition) is 8. The van der Waals surface area contributed by atoms with Crippen molar-refractivity contribution >= 4 is 0 Å². The summed E-state index contributed by atoms with van der Waals surface area (Å²) < 4.78 is 50.0. The zero-order chi connectivity index (χ0) is 27.8. The smallest absolute Gasteiger partial charge is 0.231 e. The predicted octanol–water partition coefficient (Wildman–Crippen LogP) is 5.84. The Kier molecular flexibility index (Phi) is 8.35. The summed E-state index contributed by atoms with van der Waals surface area (Å²) in [6, 6.07) is 15.9. The molecule has 4 aliphatic rings. The Hall–Kier alpha value is -2.20. The van der Waals surface area contributed by atoms with Crippen molar-refractivity contribution in [2.75, 3.05) is 13.4 Å². The van der Waals surface area contributed by atoms with Gasteiger partial charge in [-0.05, 0) is 36.0 Å². The van der Waals surface area contributed by atoms with E-state index in [1.54, 1.807) is 0 Å². The number of ether oxygens (including phenoxy) is 8. The number of fused-ring (bicyclic) bond motifs is 2. The number of hydrogen-bond donors (Lipinski definition) is 0. The van der Waals surface area contributed by atoms with Gasteiger partial charge in [0.1, 0.15) is 12.2 Å². The zero-order valence-corrected chi connectivity index (χ0v) is 24.1. The van der Waals surface area contributed by atoms with E-state index in [4.69, 9.17) is 37.9 Å². The molecule has 40 heavy (non-hydrogen) atoms. The van der Waals surface area contributed by atoms with Crippen LogP contribution in [0.1, 0.15) is 58.5 Å². The molecule has 0 saturated carbocycles. The standard InChI is InChI=1S/C32H42O8/c1-6-24-19(3)18(2)20(4)31(37-24)39-28-21(5)30(33-15-22-12-13-25-26(14-22)36-17-35-25)38-27-16-34-32(40-29(27)28)23-10-8-7-9-11-23/h7-14,18-21,24,27-32H,6,15-17H2,1-5H3/t18-,19?,20-,21-,24?,27?,28+,29?,30?,31?,32?/m0/s1. The first-order valence-corrected chi connectivity index (χ1v) is 14.7. The van der Waals surface area contributed by atoms with Crippen molar-refractivity contribution in [1.29, 1.82) is 0 Å². The first-order valence-electron chi connectivity index (χ1n) is 14.7. The Morgan fingerprint density at radius 2 is 1.60 bits per heavy atom. The van der Waals surface area contributed by atoms with Crippen LogP contribution in [-0.2, 0) is 35.0 Å². The largest absolute Gasteiger partial charge is 0.454 e. The van der Waals surface area contributed by atoms with Crippen LogP contribution in [0.3, 0.4) is 0 Å². The van der Waals surface area contributed by atoms with Gasteiger partial charge in [0.15, 0.2) is 30.4 Å². The van der Waals surface area contributed by atoms with Crippen LogP contribution in [0.4, 0.5) is 0 Å². The van der Waals surface area contributed by atoms with E-state index < -0.39 is 12.6 Å². The van der Waals surface area contributed by atoms with Gasteiger partial charge in [0.2, 0.25) is 6.79 Å². The van der Waals surface area contributed by atoms with Gasteiger partial charge in [0.05, 0.1) is 25.4 Å². The zero-order valence-electron chi connectivity index (χ0n) is 24.1. The molecule has 2 aromatic carbocycles. The van der Waals surface area contributed by atoms with Crippen LogP contribution in [0.2, 0.25) is 0 Å². The van der Waals surface area contributed by atoms with Gasteiger partial charge < -0.3 is 37.9 Å². The van der Waals surface area contributed by atoms with Crippen LogP contribution in [-0.4, -0.2) is 50.4 Å². The molecule has 0 aromatic heterocycles. The fraction of sp³-hybridized carbons (Fsp3) is 0.625. The molecule has 0 aliphatic carbocycles. The SMILES string of the molecule is CCC1OC(O[C@H]2C3OC(c4ccccc4)OCC3OC(OCc3ccc4c(c3)OCO4)[C@H]2C)[C@@H](C)[C@@H](C)C1C. The average molecular weight is 555 g/mol. The fourth-order valence-electron chi connectivity index (χ4n) is 6.35. The van der Waals surface area contributed by atoms with Gasteiger partial charge in [0, 0.05) is 17.4 Å². The summed E-state index contributed by atoms with van der Waals surface area (Å²) in [7, 11) is 0. The molecular weight excluding hydrogens is 512 g/mol. The van der Waals surface area contributed by atoms with Crippen molar-refractivity contribution in [2.45, 2.75) is 90.9 Å². The van der Waals surface area contributed by atoms with Crippen molar-refractivity contribution in [3.63, 3.8) is 0 Å². The highest BCUT2D eigenvalue weighted by Crippen LogP contribution is 2.42. The molecule has 7 unspecified atom stereocenters. The van der Waals surface area contributed by atoms with Crippen molar-refractivity contribution in [2.24, 2.45) is 23.7 Å². The summed E-state index contributed by atoms with van der Waals surface area (Å²) in [5.41, 5.74) is 1.96. The predicted molar refractivity (Wildman–Crippen MR) is 147 cm³/mol. The second-order valence-electron chi connectivity index (χ2n) is 11.7. The van der Waals surface area contributed by atoms with E-state index >= 15 is 0 Å². The highest BCUT2D eigenvalue weighted by atomic mass is 16.8. The van der Waals surface area contributed by atoms with Crippen LogP contribution < -0.4 is 9.47 Å². The second kappa shape index (κ2) is 12.0. The van der Waals surface area contributed by atoms with Crippen molar-refractivity contribution in [3.8, 4) is 11.5 Å². The molecule has 0 radical (unpaired) electrons. The summed E-state index contributed by atoms with van der Waals surface area (Å²) in [5, 5.41) is 0. The third kappa shape index (κ3) is 5.50. The molecule has 4 heterocycles. The van der Waals surface area contributed by atoms with Crippen molar-refractivity contribution in [3.05, 3.63) is 59.7 Å². The maximum absolute atomic E-state index is 6.90. The minimum Gasteiger partial charge on any atom is -0.454 e. The van der Waals surface area contributed by atoms with Gasteiger partial charge in [-0.25, -0.2) is 0 Å². The van der Waals surface area contributed by atoms with Gasteiger partial charge in [-0.15, -0.1) is 0 Å². The Labute approximate surface area is 237 Å². The third-order valence-electron chi connectivity index (χ3n) is 9.24. The number of rotatable bonds is 7. The third-order valence-corrected chi connectivity index (χ3v) is 9.24. The van der Waals surface area contributed by atoms with Crippen molar-refractivity contribution in [1.82, 2.24) is 0 Å². The molecule has 8 nitrogen and oxygen atoms in total. The van der Waals surface area contributed by atoms with Gasteiger partial charge in [0.25, 0.3) is 0 Å². The van der Waals surface area contributed by atoms with Crippen LogP contribution in [0.5, 0.6) is 11.5 Å². The number of benzene rings is 2. The molecule has 0 amide bonds. The van der Waals surface area contributed by atoms with Crippen LogP contribution in [0.25, 0.3) is 0 Å². The normalized spacial score (nSPS) is 39.1. The maximum atomic E-state index is 6.90. The van der Waals surface area contributed by atoms with Gasteiger partial charge in [-0.3, -0.25) is 0 Å². The highest BCUT2D eigenvalue weighted by Gasteiger charge is 2.51.